The molecule has 0 aliphatic carbocycles. The number of nitrogens with one attached hydrogen (secondary N) is 2. The van der Waals surface area contributed by atoms with Crippen LogP contribution in [0.2, 0.25) is 0 Å². The third kappa shape index (κ3) is 6.55. The Balaban J connectivity index is 2.07. The van der Waals surface area contributed by atoms with Crippen molar-refractivity contribution in [2.24, 2.45) is 0 Å². The van der Waals surface area contributed by atoms with Crippen LogP contribution in [0, 0.1) is 0 Å². The first-order chi connectivity index (χ1) is 11.6. The van der Waals surface area contributed by atoms with E-state index in [0.717, 1.165) is 20.2 Å². The van der Waals surface area contributed by atoms with Crippen molar-refractivity contribution in [1.82, 2.24) is 0 Å². The van der Waals surface area contributed by atoms with Crippen LogP contribution in [0.5, 0.6) is 11.5 Å². The summed E-state index contributed by atoms with van der Waals surface area (Å²) in [6, 6.07) is 12.8. The van der Waals surface area contributed by atoms with E-state index >= 15 is 0 Å². The minimum Gasteiger partial charge on any atom is -0.525 e. The number of anilines is 2. The maximum absolute atomic E-state index is 11.4. The van der Waals surface area contributed by atoms with E-state index in [1.807, 2.05) is 0 Å². The summed E-state index contributed by atoms with van der Waals surface area (Å²) in [6.45, 7) is 0. The van der Waals surface area contributed by atoms with Gasteiger partial charge in [0.05, 0.1) is 23.9 Å². The van der Waals surface area contributed by atoms with E-state index in [4.69, 9.17) is 9.31 Å². The van der Waals surface area contributed by atoms with Crippen molar-refractivity contribution in [3.8, 4) is 11.5 Å². The fourth-order valence-electron chi connectivity index (χ4n) is 1.83. The van der Waals surface area contributed by atoms with Crippen molar-refractivity contribution in [3.63, 3.8) is 0 Å². The van der Waals surface area contributed by atoms with Crippen molar-refractivity contribution < 1.29 is 26.1 Å². The summed E-state index contributed by atoms with van der Waals surface area (Å²) in [7, 11) is -5.95. The van der Waals surface area contributed by atoms with Crippen molar-refractivity contribution in [1.29, 1.82) is 0 Å². The summed E-state index contributed by atoms with van der Waals surface area (Å²) in [4.78, 5) is 0. The smallest absolute Gasteiger partial charge is 0.525 e. The summed E-state index contributed by atoms with van der Waals surface area (Å²) in [5.74, 6) is 0.447. The molecule has 1 radical (unpaired) electrons. The summed E-state index contributed by atoms with van der Waals surface area (Å²) < 4.78 is 60.7. The first-order valence-electron chi connectivity index (χ1n) is 6.93. The number of hydrogen-bond acceptors (Lipinski definition) is 6. The predicted octanol–water partition coefficient (Wildman–Crippen LogP) is 1.42. The van der Waals surface area contributed by atoms with E-state index in [0.29, 0.717) is 0 Å². The molecule has 11 heteroatoms. The summed E-state index contributed by atoms with van der Waals surface area (Å²) in [5.41, 5.74) is 0.486. The van der Waals surface area contributed by atoms with Crippen LogP contribution in [0.15, 0.2) is 48.5 Å². The van der Waals surface area contributed by atoms with Crippen LogP contribution in [0.3, 0.4) is 0 Å². The molecule has 2 N–H and O–H groups in total. The highest BCUT2D eigenvalue weighted by Crippen LogP contribution is 2.26. The van der Waals surface area contributed by atoms with Crippen LogP contribution in [-0.4, -0.2) is 37.0 Å². The van der Waals surface area contributed by atoms with Crippen LogP contribution >= 0.6 is 0 Å². The highest BCUT2D eigenvalue weighted by Gasteiger charge is 2.12. The van der Waals surface area contributed by atoms with Gasteiger partial charge < -0.3 is 9.31 Å². The third-order valence-electron chi connectivity index (χ3n) is 2.71. The molecule has 133 valence electrons. The topological polar surface area (TPSA) is 111 Å². The van der Waals surface area contributed by atoms with E-state index in [1.165, 1.54) is 12.1 Å². The lowest BCUT2D eigenvalue weighted by Crippen LogP contribution is -2.16. The van der Waals surface area contributed by atoms with Crippen molar-refractivity contribution >= 4 is 39.1 Å². The average molecular weight is 383 g/mol. The molecule has 0 bridgehead atoms. The lowest BCUT2D eigenvalue weighted by molar-refractivity contribution is 0.461. The molecule has 0 unspecified atom stereocenters. The fourth-order valence-corrected chi connectivity index (χ4v) is 2.97. The zero-order valence-electron chi connectivity index (χ0n) is 13.5. The number of benzene rings is 2. The highest BCUT2D eigenvalue weighted by molar-refractivity contribution is 7.92. The van der Waals surface area contributed by atoms with Gasteiger partial charge in [-0.2, -0.15) is 0 Å². The molecule has 2 aromatic carbocycles. The van der Waals surface area contributed by atoms with E-state index in [-0.39, 0.29) is 22.9 Å². The van der Waals surface area contributed by atoms with Crippen LogP contribution in [0.4, 0.5) is 11.4 Å². The molecule has 0 amide bonds. The molecule has 0 aromatic heterocycles. The Morgan fingerprint density at radius 2 is 1.08 bits per heavy atom. The predicted molar refractivity (Wildman–Crippen MR) is 96.8 cm³/mol. The van der Waals surface area contributed by atoms with Crippen molar-refractivity contribution in [3.05, 3.63) is 48.5 Å². The second kappa shape index (κ2) is 7.66. The van der Waals surface area contributed by atoms with Crippen molar-refractivity contribution in [2.75, 3.05) is 22.0 Å². The maximum atomic E-state index is 11.4. The Labute approximate surface area is 147 Å². The van der Waals surface area contributed by atoms with E-state index in [9.17, 15) is 16.8 Å². The minimum atomic E-state index is -3.47. The molecule has 0 fully saturated rings. The third-order valence-corrected chi connectivity index (χ3v) is 3.90. The number of rotatable bonds is 8. The zero-order chi connectivity index (χ0) is 18.5. The second-order valence-corrected chi connectivity index (χ2v) is 8.57. The lowest BCUT2D eigenvalue weighted by atomic mass is 10.2. The van der Waals surface area contributed by atoms with Gasteiger partial charge in [0.15, 0.2) is 0 Å². The molecule has 0 saturated heterocycles. The Kier molecular flexibility index (Phi) is 5.80. The van der Waals surface area contributed by atoms with Gasteiger partial charge in [0.1, 0.15) is 11.5 Å². The van der Waals surface area contributed by atoms with E-state index < -0.39 is 20.0 Å². The highest BCUT2D eigenvalue weighted by atomic mass is 32.2. The molecule has 0 spiro atoms. The van der Waals surface area contributed by atoms with Gasteiger partial charge in [-0.1, -0.05) is 24.3 Å². The van der Waals surface area contributed by atoms with Gasteiger partial charge in [-0.3, -0.25) is 9.44 Å². The molecule has 0 aliphatic heterocycles. The van der Waals surface area contributed by atoms with Gasteiger partial charge in [0, 0.05) is 0 Å². The summed E-state index contributed by atoms with van der Waals surface area (Å²) >= 11 is 0. The standard InChI is InChI=1S/C14H16BN2O6S2/c1-24(18,19)16-11-7-3-5-9-13(11)22-15-23-14-10-6-4-8-12(14)17-25(2,20)21/h3-10,16-17H,1-2H3. The lowest BCUT2D eigenvalue weighted by Gasteiger charge is -2.13. The number of para-hydroxylation sites is 4. The van der Waals surface area contributed by atoms with Gasteiger partial charge in [-0.25, -0.2) is 16.8 Å². The molecule has 25 heavy (non-hydrogen) atoms. The average Bonchev–Trinajstić information content (AvgIpc) is 2.48. The SMILES string of the molecule is CS(=O)(=O)Nc1ccccc1O[B]Oc1ccccc1NS(C)(=O)=O. The number of sulfonamides is 2. The fraction of sp³-hybridized carbons (Fsp3) is 0.143. The molecule has 2 aromatic rings. The largest absolute Gasteiger partial charge is 0.658 e. The molecule has 2 rings (SSSR count). The maximum Gasteiger partial charge on any atom is 0.658 e. The monoisotopic (exact) mass is 383 g/mol. The molecule has 0 heterocycles. The second-order valence-electron chi connectivity index (χ2n) is 5.07. The molecule has 0 aliphatic rings. The molecular formula is C14H16BN2O6S2. The molecular weight excluding hydrogens is 367 g/mol. The van der Waals surface area contributed by atoms with Gasteiger partial charge in [0.2, 0.25) is 20.0 Å². The van der Waals surface area contributed by atoms with E-state index in [1.54, 1.807) is 36.4 Å². The molecule has 0 atom stereocenters. The van der Waals surface area contributed by atoms with Crippen molar-refractivity contribution in [2.45, 2.75) is 0 Å². The first kappa shape index (κ1) is 18.9. The quantitative estimate of drug-likeness (QED) is 0.667. The Bertz CT molecular complexity index is 870. The van der Waals surface area contributed by atoms with Gasteiger partial charge in [0.25, 0.3) is 0 Å². The minimum absolute atomic E-state index is 0.224. The Hall–Kier alpha value is -2.40. The molecule has 8 nitrogen and oxygen atoms in total. The summed E-state index contributed by atoms with van der Waals surface area (Å²) in [5, 5.41) is 0. The van der Waals surface area contributed by atoms with Gasteiger partial charge in [-0.15, -0.1) is 0 Å². The van der Waals surface area contributed by atoms with Crippen LogP contribution in [0.1, 0.15) is 0 Å². The van der Waals surface area contributed by atoms with Gasteiger partial charge >= 0.3 is 7.69 Å². The Morgan fingerprint density at radius 1 is 0.720 bits per heavy atom. The normalized spacial score (nSPS) is 11.4. The number of hydrogen-bond donors (Lipinski definition) is 2. The van der Waals surface area contributed by atoms with Crippen LogP contribution < -0.4 is 18.8 Å². The summed E-state index contributed by atoms with van der Waals surface area (Å²) in [6.07, 6.45) is 2.05. The van der Waals surface area contributed by atoms with Gasteiger partial charge in [-0.05, 0) is 24.3 Å². The van der Waals surface area contributed by atoms with Crippen LogP contribution in [0.25, 0.3) is 0 Å². The first-order valence-corrected chi connectivity index (χ1v) is 10.7. The van der Waals surface area contributed by atoms with Crippen LogP contribution in [-0.2, 0) is 20.0 Å². The van der Waals surface area contributed by atoms with E-state index in [2.05, 4.69) is 9.44 Å². The molecule has 0 saturated carbocycles. The Morgan fingerprint density at radius 3 is 1.44 bits per heavy atom. The zero-order valence-corrected chi connectivity index (χ0v) is 15.1.